The first-order valence-electron chi connectivity index (χ1n) is 27.0. The summed E-state index contributed by atoms with van der Waals surface area (Å²) in [5, 5.41) is 0.909. The van der Waals surface area contributed by atoms with Crippen LogP contribution in [0.1, 0.15) is 115 Å². The minimum atomic E-state index is -0.0817. The predicted molar refractivity (Wildman–Crippen MR) is 324 cm³/mol. The van der Waals surface area contributed by atoms with Gasteiger partial charge in [0, 0.05) is 49.3 Å². The number of nitrogens with zero attached hydrogens (tertiary/aromatic N) is 2. The van der Waals surface area contributed by atoms with Gasteiger partial charge in [-0.05, 0) is 94.5 Å². The lowest BCUT2D eigenvalue weighted by atomic mass is 9.78. The molecule has 0 unspecified atom stereocenters. The van der Waals surface area contributed by atoms with Crippen LogP contribution < -0.4 is 0 Å². The molecule has 0 saturated carbocycles. The Morgan fingerprint density at radius 2 is 0.494 bits per heavy atom. The third-order valence-corrected chi connectivity index (χ3v) is 15.1. The van der Waals surface area contributed by atoms with Crippen LogP contribution in [0.2, 0.25) is 0 Å². The molecule has 0 aliphatic rings. The largest absolute Gasteiger partial charge is 0.382 e. The molecule has 10 aromatic carbocycles. The molecule has 0 spiro atoms. The molecule has 11 aromatic rings. The van der Waals surface area contributed by atoms with Crippen molar-refractivity contribution in [2.45, 2.75) is 51.4 Å². The molecular weight excluding hydrogens is 952 g/mol. The minimum Gasteiger partial charge on any atom is -0.382 e. The van der Waals surface area contributed by atoms with Crippen LogP contribution in [0.3, 0.4) is 0 Å². The van der Waals surface area contributed by atoms with Crippen LogP contribution in [0.5, 0.6) is 0 Å². The average molecular weight is 1020 g/mol. The van der Waals surface area contributed by atoms with Crippen molar-refractivity contribution in [1.82, 2.24) is 9.13 Å². The van der Waals surface area contributed by atoms with Crippen LogP contribution >= 0.6 is 8.86 Å². The number of hydrogen-bond donors (Lipinski definition) is 0. The Morgan fingerprint density at radius 1 is 0.312 bits per heavy atom. The van der Waals surface area contributed by atoms with E-state index in [1.165, 1.54) is 77.9 Å². The Kier molecular flexibility index (Phi) is 16.9. The van der Waals surface area contributed by atoms with Crippen molar-refractivity contribution in [1.29, 1.82) is 0 Å². The highest BCUT2D eigenvalue weighted by atomic mass is 31.0. The molecule has 3 nitrogen and oxygen atoms in total. The van der Waals surface area contributed by atoms with Crippen LogP contribution in [0.4, 0.5) is 0 Å². The standard InChI is InChI=1S/C69H57N2P.C4H10O/c1-49-45-59(63(51-27-11-3-12-28-51)52-29-13-4-14-30-52)67(60(46-49)64(53-31-15-5-16-32-53)54-33-17-6-18-34-54)70-43-44-71(69(70)72)68-61(65(55-35-19-7-20-36-55)56-37-21-8-22-38-56)47-50(2)48-62(68)66(57-39-23-9-24-40-57)58-41-25-10-26-42-58;1-3-5-4-2/h3-48,63-66,72H,1-2H3;3-4H2,1-2H3. The molecule has 0 amide bonds. The predicted octanol–water partition coefficient (Wildman–Crippen LogP) is 18.3. The first kappa shape index (κ1) is 52.1. The van der Waals surface area contributed by atoms with E-state index in [0.717, 1.165) is 29.8 Å². The van der Waals surface area contributed by atoms with Crippen molar-refractivity contribution in [3.05, 3.63) is 362 Å². The molecule has 0 radical (unpaired) electrons. The normalized spacial score (nSPS) is 11.3. The summed E-state index contributed by atoms with van der Waals surface area (Å²) in [6, 6.07) is 97.9. The summed E-state index contributed by atoms with van der Waals surface area (Å²) >= 11 is 0. The van der Waals surface area contributed by atoms with Crippen molar-refractivity contribution >= 4 is 8.86 Å². The molecule has 0 aliphatic heterocycles. The molecule has 0 bridgehead atoms. The summed E-state index contributed by atoms with van der Waals surface area (Å²) in [4.78, 5) is 0. The number of benzene rings is 10. The summed E-state index contributed by atoms with van der Waals surface area (Å²) < 4.78 is 9.68. The van der Waals surface area contributed by atoms with E-state index in [1.54, 1.807) is 0 Å². The van der Waals surface area contributed by atoms with E-state index >= 15 is 0 Å². The maximum atomic E-state index is 4.83. The Labute approximate surface area is 458 Å². The molecule has 1 heterocycles. The van der Waals surface area contributed by atoms with Gasteiger partial charge in [-0.3, -0.25) is 9.13 Å². The third kappa shape index (κ3) is 11.6. The molecule has 77 heavy (non-hydrogen) atoms. The van der Waals surface area contributed by atoms with E-state index in [9.17, 15) is 0 Å². The van der Waals surface area contributed by atoms with Crippen LogP contribution in [-0.2, 0) is 4.74 Å². The van der Waals surface area contributed by atoms with Gasteiger partial charge in [0.05, 0.1) is 11.4 Å². The number of hydrogen-bond acceptors (Lipinski definition) is 1. The van der Waals surface area contributed by atoms with Crippen molar-refractivity contribution in [2.75, 3.05) is 13.2 Å². The van der Waals surface area contributed by atoms with Crippen molar-refractivity contribution < 1.29 is 4.74 Å². The lowest BCUT2D eigenvalue weighted by Gasteiger charge is -2.30. The molecule has 0 aliphatic carbocycles. The minimum absolute atomic E-state index is 0.0817. The molecular formula is C73H67N2OP. The number of ether oxygens (including phenoxy) is 1. The maximum absolute atomic E-state index is 4.83. The van der Waals surface area contributed by atoms with Gasteiger partial charge >= 0.3 is 0 Å². The zero-order valence-electron chi connectivity index (χ0n) is 44.6. The van der Waals surface area contributed by atoms with Crippen molar-refractivity contribution in [2.24, 2.45) is 0 Å². The molecule has 4 heteroatoms. The zero-order chi connectivity index (χ0) is 52.9. The van der Waals surface area contributed by atoms with Gasteiger partial charge in [-0.2, -0.15) is 0 Å². The van der Waals surface area contributed by atoms with E-state index in [0.29, 0.717) is 0 Å². The summed E-state index contributed by atoms with van der Waals surface area (Å²) in [6.45, 7) is 10.2. The second kappa shape index (κ2) is 25.0. The van der Waals surface area contributed by atoms with Gasteiger partial charge in [0.1, 0.15) is 5.20 Å². The average Bonchev–Trinajstić information content (AvgIpc) is 3.88. The van der Waals surface area contributed by atoms with E-state index in [1.807, 2.05) is 13.8 Å². The second-order valence-electron chi connectivity index (χ2n) is 19.7. The fourth-order valence-corrected chi connectivity index (χ4v) is 11.8. The maximum Gasteiger partial charge on any atom is 0.141 e. The first-order chi connectivity index (χ1) is 37.9. The SMILES string of the molecule is CCOCC.Cc1cc(C(c2ccccc2)c2ccccc2)c(-n2ccn(-c3c(C(c4ccccc4)c4ccccc4)cc(C)cc3C(c3ccccc3)c3ccccc3)c2=P)c(C(c2ccccc2)c2ccccc2)c1. The number of aryl methyl sites for hydroxylation is 2. The van der Waals surface area contributed by atoms with Crippen LogP contribution in [-0.4, -0.2) is 22.3 Å². The van der Waals surface area contributed by atoms with Gasteiger partial charge in [0.25, 0.3) is 0 Å². The van der Waals surface area contributed by atoms with E-state index in [2.05, 4.69) is 311 Å². The second-order valence-corrected chi connectivity index (χ2v) is 20.2. The van der Waals surface area contributed by atoms with Crippen LogP contribution in [0, 0.1) is 19.0 Å². The lowest BCUT2D eigenvalue weighted by molar-refractivity contribution is 0.162. The first-order valence-corrected chi connectivity index (χ1v) is 27.5. The number of rotatable bonds is 16. The van der Waals surface area contributed by atoms with Gasteiger partial charge in [-0.25, -0.2) is 0 Å². The molecule has 0 fully saturated rings. The molecule has 380 valence electrons. The monoisotopic (exact) mass is 1020 g/mol. The summed E-state index contributed by atoms with van der Waals surface area (Å²) in [5.41, 5.74) is 19.5. The van der Waals surface area contributed by atoms with Gasteiger partial charge in [-0.1, -0.05) is 287 Å². The highest BCUT2D eigenvalue weighted by Gasteiger charge is 2.32. The smallest absolute Gasteiger partial charge is 0.141 e. The number of imidazole rings is 1. The highest BCUT2D eigenvalue weighted by molar-refractivity contribution is 7.06. The van der Waals surface area contributed by atoms with Gasteiger partial charge in [-0.15, -0.1) is 0 Å². The molecule has 0 atom stereocenters. The molecule has 0 N–H and O–H groups in total. The van der Waals surface area contributed by atoms with Gasteiger partial charge in [0.2, 0.25) is 0 Å². The Balaban J connectivity index is 0.00000129. The Hall–Kier alpha value is -8.33. The summed E-state index contributed by atoms with van der Waals surface area (Å²) in [6.07, 6.45) is 4.57. The summed E-state index contributed by atoms with van der Waals surface area (Å²) in [5.74, 6) is -0.327. The number of aromatic nitrogens is 2. The Morgan fingerprint density at radius 3 is 0.649 bits per heavy atom. The van der Waals surface area contributed by atoms with E-state index in [4.69, 9.17) is 4.74 Å². The van der Waals surface area contributed by atoms with Crippen molar-refractivity contribution in [3.8, 4) is 11.4 Å². The van der Waals surface area contributed by atoms with Gasteiger partial charge in [0.15, 0.2) is 0 Å². The highest BCUT2D eigenvalue weighted by Crippen LogP contribution is 2.46. The topological polar surface area (TPSA) is 19.1 Å². The quantitative estimate of drug-likeness (QED) is 0.0697. The van der Waals surface area contributed by atoms with Crippen LogP contribution in [0.15, 0.2) is 279 Å². The lowest BCUT2D eigenvalue weighted by Crippen LogP contribution is -2.16. The molecule has 11 rings (SSSR count). The van der Waals surface area contributed by atoms with Crippen molar-refractivity contribution in [3.63, 3.8) is 0 Å². The Bertz CT molecular complexity index is 3050. The molecule has 1 aromatic heterocycles. The fraction of sp³-hybridized carbons (Fsp3) is 0.137. The van der Waals surface area contributed by atoms with Gasteiger partial charge < -0.3 is 4.74 Å². The van der Waals surface area contributed by atoms with E-state index in [-0.39, 0.29) is 23.7 Å². The third-order valence-electron chi connectivity index (χ3n) is 14.6. The molecule has 0 saturated heterocycles. The fourth-order valence-electron chi connectivity index (χ4n) is 11.4. The van der Waals surface area contributed by atoms with Crippen LogP contribution in [0.25, 0.3) is 11.4 Å². The van der Waals surface area contributed by atoms with E-state index < -0.39 is 0 Å². The zero-order valence-corrected chi connectivity index (χ0v) is 45.6. The summed E-state index contributed by atoms with van der Waals surface area (Å²) in [7, 11) is 4.55.